The molecule has 2 rings (SSSR count). The van der Waals surface area contributed by atoms with Gasteiger partial charge >= 0.3 is 0 Å². The van der Waals surface area contributed by atoms with Crippen molar-refractivity contribution in [3.63, 3.8) is 0 Å². The summed E-state index contributed by atoms with van der Waals surface area (Å²) in [6.07, 6.45) is 8.07. The van der Waals surface area contributed by atoms with Crippen molar-refractivity contribution in [3.8, 4) is 0 Å². The molecule has 0 radical (unpaired) electrons. The first kappa shape index (κ1) is 13.3. The molecule has 3 N–H and O–H groups in total. The lowest BCUT2D eigenvalue weighted by Gasteiger charge is -2.29. The van der Waals surface area contributed by atoms with Crippen LogP contribution in [0.2, 0.25) is 0 Å². The van der Waals surface area contributed by atoms with Crippen LogP contribution >= 0.6 is 0 Å². The van der Waals surface area contributed by atoms with Crippen molar-refractivity contribution in [1.82, 2.24) is 0 Å². The second-order valence-corrected chi connectivity index (χ2v) is 6.11. The molecule has 4 atom stereocenters. The Morgan fingerprint density at radius 1 is 1.29 bits per heavy atom. The van der Waals surface area contributed by atoms with E-state index < -0.39 is 6.10 Å². The first-order valence-corrected chi connectivity index (χ1v) is 7.22. The average molecular weight is 241 g/mol. The molecule has 0 aromatic carbocycles. The molecule has 4 unspecified atom stereocenters. The highest BCUT2D eigenvalue weighted by Crippen LogP contribution is 2.29. The van der Waals surface area contributed by atoms with Crippen LogP contribution in [0.15, 0.2) is 0 Å². The van der Waals surface area contributed by atoms with Crippen LogP contribution in [0.4, 0.5) is 0 Å². The third-order valence-corrected chi connectivity index (χ3v) is 4.38. The second-order valence-electron chi connectivity index (χ2n) is 6.11. The fraction of sp³-hybridized carbons (Fsp3) is 1.00. The van der Waals surface area contributed by atoms with Crippen LogP contribution < -0.4 is 5.73 Å². The monoisotopic (exact) mass is 241 g/mol. The average Bonchev–Trinajstić information content (AvgIpc) is 2.76. The summed E-state index contributed by atoms with van der Waals surface area (Å²) in [6.45, 7) is 2.94. The van der Waals surface area contributed by atoms with Gasteiger partial charge in [0.05, 0.1) is 12.2 Å². The molecular formula is C14H27NO2. The summed E-state index contributed by atoms with van der Waals surface area (Å²) in [5.41, 5.74) is 6.14. The van der Waals surface area contributed by atoms with Crippen LogP contribution in [0.3, 0.4) is 0 Å². The maximum absolute atomic E-state index is 10.2. The number of hydrogen-bond donors (Lipinski definition) is 2. The minimum Gasteiger partial charge on any atom is -0.389 e. The van der Waals surface area contributed by atoms with Crippen molar-refractivity contribution in [1.29, 1.82) is 0 Å². The summed E-state index contributed by atoms with van der Waals surface area (Å²) in [5, 5.41) is 10.2. The van der Waals surface area contributed by atoms with Gasteiger partial charge in [0.2, 0.25) is 0 Å². The molecular weight excluding hydrogens is 214 g/mol. The number of nitrogens with two attached hydrogens (primary N) is 1. The lowest BCUT2D eigenvalue weighted by Crippen LogP contribution is -2.44. The maximum atomic E-state index is 10.2. The Bertz CT molecular complexity index is 228. The Morgan fingerprint density at radius 3 is 2.59 bits per heavy atom. The lowest BCUT2D eigenvalue weighted by atomic mass is 9.83. The first-order valence-electron chi connectivity index (χ1n) is 7.22. The molecule has 1 heterocycles. The maximum Gasteiger partial charge on any atom is 0.0952 e. The fourth-order valence-corrected chi connectivity index (χ4v) is 3.28. The van der Waals surface area contributed by atoms with E-state index in [1.54, 1.807) is 0 Å². The zero-order valence-corrected chi connectivity index (χ0v) is 11.0. The Labute approximate surface area is 105 Å². The first-order chi connectivity index (χ1) is 8.16. The van der Waals surface area contributed by atoms with E-state index in [0.717, 1.165) is 25.4 Å². The van der Waals surface area contributed by atoms with Crippen molar-refractivity contribution in [2.24, 2.45) is 17.6 Å². The topological polar surface area (TPSA) is 55.5 Å². The van der Waals surface area contributed by atoms with Gasteiger partial charge in [-0.3, -0.25) is 0 Å². The van der Waals surface area contributed by atoms with Gasteiger partial charge < -0.3 is 15.6 Å². The van der Waals surface area contributed by atoms with Gasteiger partial charge in [0.15, 0.2) is 0 Å². The van der Waals surface area contributed by atoms with Gasteiger partial charge in [0.25, 0.3) is 0 Å². The van der Waals surface area contributed by atoms with Crippen LogP contribution in [0.1, 0.15) is 51.9 Å². The quantitative estimate of drug-likeness (QED) is 0.792. The van der Waals surface area contributed by atoms with E-state index in [4.69, 9.17) is 10.5 Å². The molecule has 1 aliphatic carbocycles. The third-order valence-electron chi connectivity index (χ3n) is 4.38. The summed E-state index contributed by atoms with van der Waals surface area (Å²) in [6, 6.07) is -0.103. The Morgan fingerprint density at radius 2 is 2.00 bits per heavy atom. The predicted molar refractivity (Wildman–Crippen MR) is 68.7 cm³/mol. The molecule has 3 heteroatoms. The summed E-state index contributed by atoms with van der Waals surface area (Å²) in [7, 11) is 0. The zero-order chi connectivity index (χ0) is 12.3. The molecule has 100 valence electrons. The van der Waals surface area contributed by atoms with Gasteiger partial charge in [-0.25, -0.2) is 0 Å². The third kappa shape index (κ3) is 3.67. The minimum absolute atomic E-state index is 0.0245. The van der Waals surface area contributed by atoms with Crippen LogP contribution in [-0.4, -0.2) is 30.0 Å². The summed E-state index contributed by atoms with van der Waals surface area (Å²) in [4.78, 5) is 0. The molecule has 2 fully saturated rings. The Balaban J connectivity index is 1.76. The van der Waals surface area contributed by atoms with Gasteiger partial charge in [-0.2, -0.15) is 0 Å². The van der Waals surface area contributed by atoms with Crippen LogP contribution in [0.25, 0.3) is 0 Å². The second kappa shape index (κ2) is 6.17. The molecule has 17 heavy (non-hydrogen) atoms. The number of ether oxygens (including phenoxy) is 1. The molecule has 0 aromatic rings. The molecule has 0 bridgehead atoms. The zero-order valence-electron chi connectivity index (χ0n) is 11.0. The van der Waals surface area contributed by atoms with Gasteiger partial charge in [0, 0.05) is 12.6 Å². The van der Waals surface area contributed by atoms with E-state index >= 15 is 0 Å². The predicted octanol–water partition coefficient (Wildman–Crippen LogP) is 2.07. The number of aliphatic hydroxyl groups is 1. The number of rotatable bonds is 4. The number of aliphatic hydroxyl groups excluding tert-OH is 1. The van der Waals surface area contributed by atoms with Crippen molar-refractivity contribution in [3.05, 3.63) is 0 Å². The SMILES string of the molecule is CC1COC(C(O)C(N)CC2CCCCC2)C1. The number of hydrogen-bond acceptors (Lipinski definition) is 3. The molecule has 1 aliphatic heterocycles. The lowest BCUT2D eigenvalue weighted by molar-refractivity contribution is -0.0187. The smallest absolute Gasteiger partial charge is 0.0952 e. The highest BCUT2D eigenvalue weighted by atomic mass is 16.5. The van der Waals surface area contributed by atoms with E-state index in [2.05, 4.69) is 6.92 Å². The van der Waals surface area contributed by atoms with E-state index in [0.29, 0.717) is 5.92 Å². The van der Waals surface area contributed by atoms with Crippen molar-refractivity contribution in [2.75, 3.05) is 6.61 Å². The van der Waals surface area contributed by atoms with Crippen LogP contribution in [0, 0.1) is 11.8 Å². The van der Waals surface area contributed by atoms with E-state index in [9.17, 15) is 5.11 Å². The Kier molecular flexibility index (Phi) is 4.83. The molecule has 1 saturated heterocycles. The molecule has 0 aromatic heterocycles. The van der Waals surface area contributed by atoms with Gasteiger partial charge in [-0.1, -0.05) is 39.0 Å². The molecule has 3 nitrogen and oxygen atoms in total. The molecule has 0 amide bonds. The summed E-state index contributed by atoms with van der Waals surface area (Å²) in [5.74, 6) is 1.30. The van der Waals surface area contributed by atoms with E-state index in [-0.39, 0.29) is 12.1 Å². The summed E-state index contributed by atoms with van der Waals surface area (Å²) < 4.78 is 5.61. The molecule has 2 aliphatic rings. The van der Waals surface area contributed by atoms with Gasteiger partial charge in [-0.05, 0) is 24.7 Å². The van der Waals surface area contributed by atoms with Crippen LogP contribution in [0.5, 0.6) is 0 Å². The van der Waals surface area contributed by atoms with Crippen LogP contribution in [-0.2, 0) is 4.74 Å². The van der Waals surface area contributed by atoms with Crippen molar-refractivity contribution >= 4 is 0 Å². The normalized spacial score (nSPS) is 34.8. The highest BCUT2D eigenvalue weighted by molar-refractivity contribution is 4.86. The largest absolute Gasteiger partial charge is 0.389 e. The highest BCUT2D eigenvalue weighted by Gasteiger charge is 2.33. The molecule has 1 saturated carbocycles. The Hall–Kier alpha value is -0.120. The van der Waals surface area contributed by atoms with Gasteiger partial charge in [0.1, 0.15) is 0 Å². The standard InChI is InChI=1S/C14H27NO2/c1-10-7-13(17-9-10)14(16)12(15)8-11-5-3-2-4-6-11/h10-14,16H,2-9,15H2,1H3. The summed E-state index contributed by atoms with van der Waals surface area (Å²) >= 11 is 0. The van der Waals surface area contributed by atoms with Gasteiger partial charge in [-0.15, -0.1) is 0 Å². The van der Waals surface area contributed by atoms with E-state index in [1.807, 2.05) is 0 Å². The van der Waals surface area contributed by atoms with Crippen molar-refractivity contribution in [2.45, 2.75) is 70.1 Å². The minimum atomic E-state index is -0.470. The molecule has 0 spiro atoms. The fourth-order valence-electron chi connectivity index (χ4n) is 3.28. The van der Waals surface area contributed by atoms with E-state index in [1.165, 1.54) is 32.1 Å². The van der Waals surface area contributed by atoms with Crippen molar-refractivity contribution < 1.29 is 9.84 Å².